The number of halogens is 1. The molecule has 1 N–H and O–H groups in total. The molecule has 1 aromatic heterocycles. The summed E-state index contributed by atoms with van der Waals surface area (Å²) in [6, 6.07) is 18.7. The number of nitrogens with one attached hydrogen (secondary N) is 1. The van der Waals surface area contributed by atoms with Crippen LogP contribution in [0.4, 0.5) is 0 Å². The molecule has 0 bridgehead atoms. The van der Waals surface area contributed by atoms with Gasteiger partial charge in [0.1, 0.15) is 23.5 Å². The van der Waals surface area contributed by atoms with Crippen LogP contribution in [0.2, 0.25) is 5.02 Å². The van der Waals surface area contributed by atoms with Crippen molar-refractivity contribution in [2.45, 2.75) is 25.6 Å². The van der Waals surface area contributed by atoms with E-state index in [1.807, 2.05) is 12.1 Å². The first-order valence-corrected chi connectivity index (χ1v) is 13.7. The normalized spacial score (nSPS) is 14.7. The summed E-state index contributed by atoms with van der Waals surface area (Å²) in [5.74, 6) is 0.0695. The summed E-state index contributed by atoms with van der Waals surface area (Å²) in [5, 5.41) is 3.88. The Kier molecular flexibility index (Phi) is 9.21. The van der Waals surface area contributed by atoms with E-state index in [1.54, 1.807) is 48.5 Å². The van der Waals surface area contributed by atoms with Gasteiger partial charge in [-0.2, -0.15) is 0 Å². The SMILES string of the molecule is COc1cc(/C=C/C(=O)Oc2ccc3cc(C(=O)NCC4CCCO4)c(=O)oc3c2)ccc1OCc1ccc(Cl)cc1. The van der Waals surface area contributed by atoms with Gasteiger partial charge in [0.2, 0.25) is 0 Å². The average molecular weight is 590 g/mol. The van der Waals surface area contributed by atoms with Gasteiger partial charge in [0.15, 0.2) is 11.5 Å². The Labute approximate surface area is 246 Å². The number of amides is 1. The summed E-state index contributed by atoms with van der Waals surface area (Å²) in [6.45, 7) is 1.34. The van der Waals surface area contributed by atoms with Crippen molar-refractivity contribution in [3.05, 3.63) is 105 Å². The minimum atomic E-state index is -0.787. The lowest BCUT2D eigenvalue weighted by molar-refractivity contribution is -0.128. The molecule has 1 aliphatic heterocycles. The highest BCUT2D eigenvalue weighted by Crippen LogP contribution is 2.29. The van der Waals surface area contributed by atoms with Crippen LogP contribution in [0.1, 0.15) is 34.3 Å². The van der Waals surface area contributed by atoms with Crippen molar-refractivity contribution in [3.63, 3.8) is 0 Å². The number of hydrogen-bond donors (Lipinski definition) is 1. The lowest BCUT2D eigenvalue weighted by atomic mass is 10.1. The van der Waals surface area contributed by atoms with E-state index in [2.05, 4.69) is 5.32 Å². The minimum Gasteiger partial charge on any atom is -0.493 e. The zero-order chi connectivity index (χ0) is 29.5. The van der Waals surface area contributed by atoms with Gasteiger partial charge in [0, 0.05) is 35.7 Å². The molecule has 1 fully saturated rings. The number of carbonyl (C=O) groups excluding carboxylic acids is 2. The molecule has 10 heteroatoms. The van der Waals surface area contributed by atoms with Gasteiger partial charge in [-0.15, -0.1) is 0 Å². The first-order chi connectivity index (χ1) is 20.4. The molecule has 9 nitrogen and oxygen atoms in total. The van der Waals surface area contributed by atoms with E-state index in [0.29, 0.717) is 47.2 Å². The van der Waals surface area contributed by atoms with Crippen LogP contribution in [0.25, 0.3) is 17.0 Å². The molecule has 3 aromatic carbocycles. The Balaban J connectivity index is 1.20. The highest BCUT2D eigenvalue weighted by atomic mass is 35.5. The maximum atomic E-state index is 12.5. The van der Waals surface area contributed by atoms with Gasteiger partial charge in [-0.05, 0) is 72.5 Å². The standard InChI is InChI=1S/C32H28ClNO8/c1-38-29-15-20(6-12-27(29)40-19-21-4-9-23(33)10-5-21)7-13-30(35)41-24-11-8-22-16-26(32(37)42-28(22)17-24)31(36)34-18-25-3-2-14-39-25/h4-13,15-17,25H,2-3,14,18-19H2,1H3,(H,34,36)/b13-7+. The van der Waals surface area contributed by atoms with Gasteiger partial charge in [0.05, 0.1) is 13.2 Å². The summed E-state index contributed by atoms with van der Waals surface area (Å²) in [5.41, 5.74) is 0.939. The number of rotatable bonds is 10. The molecule has 4 aromatic rings. The summed E-state index contributed by atoms with van der Waals surface area (Å²) in [4.78, 5) is 37.5. The second-order valence-corrected chi connectivity index (χ2v) is 10.0. The van der Waals surface area contributed by atoms with Crippen molar-refractivity contribution >= 4 is 40.5 Å². The quantitative estimate of drug-likeness (QED) is 0.111. The molecule has 42 heavy (non-hydrogen) atoms. The van der Waals surface area contributed by atoms with Gasteiger partial charge in [-0.25, -0.2) is 9.59 Å². The number of methoxy groups -OCH3 is 1. The number of fused-ring (bicyclic) bond motifs is 1. The van der Waals surface area contributed by atoms with Gasteiger partial charge in [0.25, 0.3) is 5.91 Å². The summed E-state index contributed by atoms with van der Waals surface area (Å²) in [7, 11) is 1.53. The van der Waals surface area contributed by atoms with Crippen molar-refractivity contribution in [1.82, 2.24) is 5.32 Å². The maximum absolute atomic E-state index is 12.5. The van der Waals surface area contributed by atoms with Gasteiger partial charge in [-0.3, -0.25) is 4.79 Å². The zero-order valence-electron chi connectivity index (χ0n) is 22.8. The predicted molar refractivity (Wildman–Crippen MR) is 157 cm³/mol. The molecular weight excluding hydrogens is 562 g/mol. The molecule has 1 unspecified atom stereocenters. The van der Waals surface area contributed by atoms with Crippen LogP contribution in [0.5, 0.6) is 17.2 Å². The van der Waals surface area contributed by atoms with Crippen molar-refractivity contribution in [3.8, 4) is 17.2 Å². The van der Waals surface area contributed by atoms with Gasteiger partial charge in [-0.1, -0.05) is 29.8 Å². The maximum Gasteiger partial charge on any atom is 0.349 e. The van der Waals surface area contributed by atoms with E-state index in [1.165, 1.54) is 25.3 Å². The molecule has 1 aliphatic rings. The highest BCUT2D eigenvalue weighted by Gasteiger charge is 2.19. The topological polar surface area (TPSA) is 113 Å². The van der Waals surface area contributed by atoms with Crippen molar-refractivity contribution < 1.29 is 33.0 Å². The molecule has 216 valence electrons. The third kappa shape index (κ3) is 7.37. The summed E-state index contributed by atoms with van der Waals surface area (Å²) in [6.07, 6.45) is 4.62. The fourth-order valence-electron chi connectivity index (χ4n) is 4.38. The van der Waals surface area contributed by atoms with Crippen LogP contribution in [-0.4, -0.2) is 38.2 Å². The lowest BCUT2D eigenvalue weighted by Gasteiger charge is -2.11. The zero-order valence-corrected chi connectivity index (χ0v) is 23.5. The average Bonchev–Trinajstić information content (AvgIpc) is 3.52. The molecule has 0 radical (unpaired) electrons. The second-order valence-electron chi connectivity index (χ2n) is 9.57. The Hall–Kier alpha value is -4.60. The molecule has 1 amide bonds. The van der Waals surface area contributed by atoms with Crippen LogP contribution in [-0.2, 0) is 16.1 Å². The summed E-state index contributed by atoms with van der Waals surface area (Å²) >= 11 is 5.93. The molecule has 1 saturated heterocycles. The Morgan fingerprint density at radius 3 is 2.64 bits per heavy atom. The van der Waals surface area contributed by atoms with Crippen LogP contribution >= 0.6 is 11.6 Å². The molecular formula is C32H28ClNO8. The number of ether oxygens (including phenoxy) is 4. The largest absolute Gasteiger partial charge is 0.493 e. The van der Waals surface area contributed by atoms with Crippen molar-refractivity contribution in [1.29, 1.82) is 0 Å². The van der Waals surface area contributed by atoms with Crippen LogP contribution < -0.4 is 25.2 Å². The molecule has 0 aliphatic carbocycles. The third-order valence-corrected chi connectivity index (χ3v) is 6.84. The van der Waals surface area contributed by atoms with Crippen molar-refractivity contribution in [2.24, 2.45) is 0 Å². The Morgan fingerprint density at radius 2 is 1.88 bits per heavy atom. The Morgan fingerprint density at radius 1 is 1.05 bits per heavy atom. The van der Waals surface area contributed by atoms with E-state index in [9.17, 15) is 14.4 Å². The number of carbonyl (C=O) groups is 2. The smallest absolute Gasteiger partial charge is 0.349 e. The first kappa shape index (κ1) is 28.9. The minimum absolute atomic E-state index is 0.0473. The Bertz CT molecular complexity index is 1670. The monoisotopic (exact) mass is 589 g/mol. The van der Waals surface area contributed by atoms with Crippen LogP contribution in [0.3, 0.4) is 0 Å². The first-order valence-electron chi connectivity index (χ1n) is 13.3. The third-order valence-electron chi connectivity index (χ3n) is 6.59. The molecule has 2 heterocycles. The second kappa shape index (κ2) is 13.4. The van der Waals surface area contributed by atoms with Crippen LogP contribution in [0.15, 0.2) is 82.0 Å². The van der Waals surface area contributed by atoms with Crippen LogP contribution in [0, 0.1) is 0 Å². The molecule has 5 rings (SSSR count). The lowest BCUT2D eigenvalue weighted by Crippen LogP contribution is -2.34. The fraction of sp³-hybridized carbons (Fsp3) is 0.219. The summed E-state index contributed by atoms with van der Waals surface area (Å²) < 4.78 is 27.5. The van der Waals surface area contributed by atoms with Crippen molar-refractivity contribution in [2.75, 3.05) is 20.3 Å². The highest BCUT2D eigenvalue weighted by molar-refractivity contribution is 6.30. The molecule has 0 saturated carbocycles. The van der Waals surface area contributed by atoms with Gasteiger partial charge < -0.3 is 28.7 Å². The molecule has 0 spiro atoms. The van der Waals surface area contributed by atoms with E-state index in [4.69, 9.17) is 35.0 Å². The number of esters is 1. The molecule has 1 atom stereocenters. The van der Waals surface area contributed by atoms with E-state index < -0.39 is 17.5 Å². The number of hydrogen-bond acceptors (Lipinski definition) is 8. The fourth-order valence-corrected chi connectivity index (χ4v) is 4.51. The predicted octanol–water partition coefficient (Wildman–Crippen LogP) is 5.56. The van der Waals surface area contributed by atoms with Gasteiger partial charge >= 0.3 is 11.6 Å². The van der Waals surface area contributed by atoms with E-state index in [0.717, 1.165) is 18.4 Å². The van der Waals surface area contributed by atoms with E-state index in [-0.39, 0.29) is 23.0 Å². The van der Waals surface area contributed by atoms with E-state index >= 15 is 0 Å². The number of benzene rings is 3.